The van der Waals surface area contributed by atoms with E-state index in [0.29, 0.717) is 41.7 Å². The van der Waals surface area contributed by atoms with Crippen LogP contribution in [0.15, 0.2) is 83.3 Å². The molecule has 0 aliphatic heterocycles. The minimum absolute atomic E-state index is 0.0200. The lowest BCUT2D eigenvalue weighted by atomic mass is 9.44. The van der Waals surface area contributed by atoms with Crippen LogP contribution in [-0.4, -0.2) is 63.1 Å². The lowest BCUT2D eigenvalue weighted by molar-refractivity contribution is -0.171. The normalized spacial score (nSPS) is 25.3. The predicted molar refractivity (Wildman–Crippen MR) is 206 cm³/mol. The number of phenolic OH excluding ortho intramolecular Hbond substituents is 1. The highest BCUT2D eigenvalue weighted by Gasteiger charge is 2.71. The molecule has 4 N–H and O–H groups in total. The van der Waals surface area contributed by atoms with E-state index in [1.165, 1.54) is 13.2 Å². The number of methoxy groups -OCH3 is 1. The summed E-state index contributed by atoms with van der Waals surface area (Å²) < 4.78 is 11.2. The number of benzene rings is 3. The summed E-state index contributed by atoms with van der Waals surface area (Å²) in [5.74, 6) is -5.74. The summed E-state index contributed by atoms with van der Waals surface area (Å²) in [6, 6.07) is 18.6. The number of phenols is 1. The van der Waals surface area contributed by atoms with Gasteiger partial charge in [0.15, 0.2) is 17.2 Å². The van der Waals surface area contributed by atoms with E-state index in [2.05, 4.69) is 0 Å². The van der Waals surface area contributed by atoms with E-state index < -0.39 is 56.8 Å². The fraction of sp³-hybridized carbons (Fsp3) is 0.422. The zero-order chi connectivity index (χ0) is 40.2. The standard InChI is InChI=1S/C45H50O10/c1-8-55-42(52)28(20-26-12-10-9-11-13-26)16-14-27-15-19-33(54-7)30(21-27)29-17-18-32(47)35-31(29)22-43(5)23-44(6)36(24(2)3)38(48)34(25(4)46)40(50)45(44,53)41(51)37(43)39(35)49/h9-13,15,17-19,21,24,28,36,47-48,51,53H,8,14,16,20,22-23H2,1-7H3/t28?,36?,43-,44-,45+/m1/s1. The Morgan fingerprint density at radius 1 is 0.945 bits per heavy atom. The molecule has 290 valence electrons. The molecule has 10 nitrogen and oxygen atoms in total. The molecule has 5 atom stereocenters. The molecule has 0 heterocycles. The van der Waals surface area contributed by atoms with Crippen molar-refractivity contribution >= 4 is 23.3 Å². The van der Waals surface area contributed by atoms with E-state index in [1.807, 2.05) is 48.5 Å². The lowest BCUT2D eigenvalue weighted by Crippen LogP contribution is -2.67. The van der Waals surface area contributed by atoms with Crippen molar-refractivity contribution in [2.24, 2.45) is 28.6 Å². The third-order valence-electron chi connectivity index (χ3n) is 12.2. The van der Waals surface area contributed by atoms with Gasteiger partial charge in [-0.05, 0) is 92.3 Å². The van der Waals surface area contributed by atoms with E-state index in [9.17, 15) is 39.6 Å². The van der Waals surface area contributed by atoms with Gasteiger partial charge in [-0.15, -0.1) is 0 Å². The number of allylic oxidation sites excluding steroid dienone is 2. The molecule has 3 aromatic rings. The second kappa shape index (κ2) is 14.5. The van der Waals surface area contributed by atoms with Crippen LogP contribution in [0.4, 0.5) is 0 Å². The highest BCUT2D eigenvalue weighted by molar-refractivity contribution is 6.25. The second-order valence-electron chi connectivity index (χ2n) is 16.2. The molecule has 55 heavy (non-hydrogen) atoms. The molecule has 3 aliphatic carbocycles. The number of ether oxygens (including phenoxy) is 2. The maximum atomic E-state index is 14.7. The van der Waals surface area contributed by atoms with Crippen molar-refractivity contribution in [3.8, 4) is 22.6 Å². The number of aryl methyl sites for hydroxylation is 1. The number of rotatable bonds is 11. The van der Waals surface area contributed by atoms with Crippen LogP contribution in [0.1, 0.15) is 81.4 Å². The first kappa shape index (κ1) is 39.5. The van der Waals surface area contributed by atoms with Gasteiger partial charge in [-0.1, -0.05) is 70.2 Å². The quantitative estimate of drug-likeness (QED) is 0.115. The number of ketones is 3. The molecule has 0 spiro atoms. The van der Waals surface area contributed by atoms with Crippen molar-refractivity contribution < 1.29 is 49.1 Å². The van der Waals surface area contributed by atoms with Crippen LogP contribution in [-0.2, 0) is 38.4 Å². The van der Waals surface area contributed by atoms with E-state index in [1.54, 1.807) is 40.7 Å². The van der Waals surface area contributed by atoms with Gasteiger partial charge in [0.2, 0.25) is 5.78 Å². The molecule has 0 aromatic heterocycles. The Hall–Kier alpha value is -5.22. The van der Waals surface area contributed by atoms with Gasteiger partial charge in [0.25, 0.3) is 0 Å². The van der Waals surface area contributed by atoms with Gasteiger partial charge >= 0.3 is 5.97 Å². The Morgan fingerprint density at radius 3 is 2.25 bits per heavy atom. The summed E-state index contributed by atoms with van der Waals surface area (Å²) in [5, 5.41) is 47.1. The molecule has 2 unspecified atom stereocenters. The molecule has 0 amide bonds. The van der Waals surface area contributed by atoms with Gasteiger partial charge in [0.05, 0.1) is 25.2 Å². The summed E-state index contributed by atoms with van der Waals surface area (Å²) >= 11 is 0. The SMILES string of the molecule is CCOC(=O)C(CCc1ccc(OC)c(-c2ccc(O)c3c2C[C@]2(C)C[C@]4(C)C(C(C)C)C(O)=C(C(C)=O)C(=O)[C@]4(O)C(O)=C2C3=O)c1)Cc1ccccc1. The van der Waals surface area contributed by atoms with Crippen molar-refractivity contribution in [3.63, 3.8) is 0 Å². The first-order valence-electron chi connectivity index (χ1n) is 18.9. The largest absolute Gasteiger partial charge is 0.511 e. The van der Waals surface area contributed by atoms with Gasteiger partial charge in [0, 0.05) is 27.9 Å². The molecule has 0 bridgehead atoms. The Bertz CT molecular complexity index is 2150. The molecule has 10 heteroatoms. The average molecular weight is 751 g/mol. The second-order valence-corrected chi connectivity index (χ2v) is 16.2. The third-order valence-corrected chi connectivity index (χ3v) is 12.2. The van der Waals surface area contributed by atoms with Gasteiger partial charge in [-0.25, -0.2) is 0 Å². The third kappa shape index (κ3) is 6.24. The Balaban J connectivity index is 1.45. The smallest absolute Gasteiger partial charge is 0.309 e. The van der Waals surface area contributed by atoms with Crippen molar-refractivity contribution in [2.45, 2.75) is 79.2 Å². The van der Waals surface area contributed by atoms with Crippen molar-refractivity contribution in [2.75, 3.05) is 13.7 Å². The van der Waals surface area contributed by atoms with Gasteiger partial charge in [-0.3, -0.25) is 19.2 Å². The minimum Gasteiger partial charge on any atom is -0.511 e. The first-order valence-corrected chi connectivity index (χ1v) is 18.9. The summed E-state index contributed by atoms with van der Waals surface area (Å²) in [4.78, 5) is 54.4. The van der Waals surface area contributed by atoms with Crippen LogP contribution in [0.2, 0.25) is 0 Å². The van der Waals surface area contributed by atoms with Crippen LogP contribution >= 0.6 is 0 Å². The molecule has 3 aromatic carbocycles. The number of aliphatic hydroxyl groups excluding tert-OH is 2. The molecule has 0 fully saturated rings. The summed E-state index contributed by atoms with van der Waals surface area (Å²) in [5.41, 5.74) is -2.60. The van der Waals surface area contributed by atoms with Gasteiger partial charge < -0.3 is 29.9 Å². The summed E-state index contributed by atoms with van der Waals surface area (Å²) in [6.07, 6.45) is 1.67. The number of hydrogen-bond acceptors (Lipinski definition) is 10. The zero-order valence-electron chi connectivity index (χ0n) is 32.5. The highest BCUT2D eigenvalue weighted by Crippen LogP contribution is 2.65. The van der Waals surface area contributed by atoms with E-state index in [-0.39, 0.29) is 54.1 Å². The average Bonchev–Trinajstić information content (AvgIpc) is 3.11. The van der Waals surface area contributed by atoms with E-state index in [0.717, 1.165) is 18.1 Å². The molecule has 3 aliphatic rings. The van der Waals surface area contributed by atoms with Crippen LogP contribution in [0.25, 0.3) is 11.1 Å². The summed E-state index contributed by atoms with van der Waals surface area (Å²) in [7, 11) is 1.54. The fourth-order valence-electron chi connectivity index (χ4n) is 9.91. The van der Waals surface area contributed by atoms with Crippen LogP contribution in [0.3, 0.4) is 0 Å². The maximum Gasteiger partial charge on any atom is 0.309 e. The molecular formula is C45H50O10. The number of esters is 1. The first-order chi connectivity index (χ1) is 25.9. The number of carbonyl (C=O) groups is 4. The van der Waals surface area contributed by atoms with Crippen LogP contribution < -0.4 is 4.74 Å². The minimum atomic E-state index is -2.69. The molecule has 0 radical (unpaired) electrons. The predicted octanol–water partition coefficient (Wildman–Crippen LogP) is 7.38. The number of Topliss-reactive ketones (excluding diaryl/α,β-unsaturated/α-hetero) is 3. The van der Waals surface area contributed by atoms with Gasteiger partial charge in [-0.2, -0.15) is 0 Å². The molecule has 6 rings (SSSR count). The van der Waals surface area contributed by atoms with Crippen molar-refractivity contribution in [3.05, 3.63) is 106 Å². The van der Waals surface area contributed by atoms with Crippen molar-refractivity contribution in [1.82, 2.24) is 0 Å². The van der Waals surface area contributed by atoms with Crippen LogP contribution in [0, 0.1) is 28.6 Å². The Labute approximate surface area is 321 Å². The number of carbonyl (C=O) groups excluding carboxylic acids is 4. The Kier molecular flexibility index (Phi) is 10.4. The Morgan fingerprint density at radius 2 is 1.64 bits per heavy atom. The van der Waals surface area contributed by atoms with Crippen molar-refractivity contribution in [1.29, 1.82) is 0 Å². The number of fused-ring (bicyclic) bond motifs is 3. The van der Waals surface area contributed by atoms with Gasteiger partial charge in [0.1, 0.15) is 28.6 Å². The molecule has 0 saturated heterocycles. The fourth-order valence-corrected chi connectivity index (χ4v) is 9.91. The highest BCUT2D eigenvalue weighted by atomic mass is 16.5. The topological polar surface area (TPSA) is 168 Å². The summed E-state index contributed by atoms with van der Waals surface area (Å²) in [6.45, 7) is 10.2. The molecule has 0 saturated carbocycles. The van der Waals surface area contributed by atoms with E-state index in [4.69, 9.17) is 9.47 Å². The maximum absolute atomic E-state index is 14.7. The number of aliphatic hydroxyl groups is 3. The monoisotopic (exact) mass is 750 g/mol. The zero-order valence-corrected chi connectivity index (χ0v) is 32.5. The van der Waals surface area contributed by atoms with Crippen LogP contribution in [0.5, 0.6) is 11.5 Å². The lowest BCUT2D eigenvalue weighted by Gasteiger charge is -2.59. The van der Waals surface area contributed by atoms with E-state index >= 15 is 0 Å². The number of hydrogen-bond donors (Lipinski definition) is 4. The number of aromatic hydroxyl groups is 1. The molecular weight excluding hydrogens is 700 g/mol.